The highest BCUT2D eigenvalue weighted by atomic mass is 16.6. The first-order valence-corrected chi connectivity index (χ1v) is 2.44. The molecule has 3 heteroatoms. The number of rotatable bonds is 2. The van der Waals surface area contributed by atoms with Crippen LogP contribution in [-0.4, -0.2) is 11.0 Å². The third-order valence-corrected chi connectivity index (χ3v) is 0.804. The Hall–Kier alpha value is -0.860. The standard InChI is InChI=1S/C5H9NO2/c1-3-4-5(2)6(7)8/h3-5H,1-2H3/b4-3-. The maximum absolute atomic E-state index is 9.84. The molecule has 0 heterocycles. The van der Waals surface area contributed by atoms with Gasteiger partial charge in [0.1, 0.15) is 0 Å². The molecule has 0 aromatic carbocycles. The van der Waals surface area contributed by atoms with E-state index in [9.17, 15) is 10.1 Å². The van der Waals surface area contributed by atoms with Crippen molar-refractivity contribution in [3.05, 3.63) is 22.3 Å². The van der Waals surface area contributed by atoms with Gasteiger partial charge in [0.2, 0.25) is 6.04 Å². The molecule has 0 saturated carbocycles. The summed E-state index contributed by atoms with van der Waals surface area (Å²) < 4.78 is 0. The molecule has 0 spiro atoms. The van der Waals surface area contributed by atoms with Crippen molar-refractivity contribution in [1.29, 1.82) is 0 Å². The second kappa shape index (κ2) is 3.18. The van der Waals surface area contributed by atoms with Gasteiger partial charge in [0, 0.05) is 11.8 Å². The van der Waals surface area contributed by atoms with Gasteiger partial charge >= 0.3 is 0 Å². The van der Waals surface area contributed by atoms with Crippen molar-refractivity contribution < 1.29 is 4.92 Å². The molecule has 3 nitrogen and oxygen atoms in total. The Bertz CT molecular complexity index is 109. The Morgan fingerprint density at radius 2 is 2.25 bits per heavy atom. The largest absolute Gasteiger partial charge is 0.264 e. The lowest BCUT2D eigenvalue weighted by Crippen LogP contribution is -2.10. The summed E-state index contributed by atoms with van der Waals surface area (Å²) in [4.78, 5) is 9.51. The van der Waals surface area contributed by atoms with Gasteiger partial charge in [-0.25, -0.2) is 0 Å². The zero-order valence-electron chi connectivity index (χ0n) is 5.00. The lowest BCUT2D eigenvalue weighted by molar-refractivity contribution is -0.504. The lowest BCUT2D eigenvalue weighted by atomic mass is 10.3. The number of nitro groups is 1. The minimum absolute atomic E-state index is 0.333. The molecule has 0 bridgehead atoms. The number of hydrogen-bond acceptors (Lipinski definition) is 2. The summed E-state index contributed by atoms with van der Waals surface area (Å²) in [6.07, 6.45) is 3.22. The molecule has 0 saturated heterocycles. The van der Waals surface area contributed by atoms with Gasteiger partial charge in [-0.05, 0) is 13.0 Å². The highest BCUT2D eigenvalue weighted by Crippen LogP contribution is 1.88. The molecule has 0 aliphatic heterocycles. The average molecular weight is 115 g/mol. The molecule has 46 valence electrons. The van der Waals surface area contributed by atoms with Crippen LogP contribution in [0.15, 0.2) is 12.2 Å². The molecule has 0 amide bonds. The molecule has 1 atom stereocenters. The monoisotopic (exact) mass is 115 g/mol. The van der Waals surface area contributed by atoms with Crippen LogP contribution in [0.2, 0.25) is 0 Å². The van der Waals surface area contributed by atoms with Gasteiger partial charge in [0.15, 0.2) is 0 Å². The van der Waals surface area contributed by atoms with Crippen LogP contribution in [0.1, 0.15) is 13.8 Å². The first kappa shape index (κ1) is 7.14. The molecule has 0 rings (SSSR count). The van der Waals surface area contributed by atoms with Crippen LogP contribution >= 0.6 is 0 Å². The Morgan fingerprint density at radius 1 is 1.75 bits per heavy atom. The number of nitrogens with zero attached hydrogens (tertiary/aromatic N) is 1. The third kappa shape index (κ3) is 2.34. The Balaban J connectivity index is 3.64. The van der Waals surface area contributed by atoms with Crippen LogP contribution in [-0.2, 0) is 0 Å². The zero-order chi connectivity index (χ0) is 6.57. The van der Waals surface area contributed by atoms with Gasteiger partial charge in [-0.3, -0.25) is 10.1 Å². The van der Waals surface area contributed by atoms with Crippen LogP contribution in [0, 0.1) is 10.1 Å². The smallest absolute Gasteiger partial charge is 0.228 e. The maximum atomic E-state index is 9.84. The van der Waals surface area contributed by atoms with Gasteiger partial charge in [0.25, 0.3) is 0 Å². The average Bonchev–Trinajstić information content (AvgIpc) is 1.67. The van der Waals surface area contributed by atoms with Gasteiger partial charge in [-0.15, -0.1) is 0 Å². The molecule has 0 aromatic heterocycles. The first-order valence-electron chi connectivity index (χ1n) is 2.44. The summed E-state index contributed by atoms with van der Waals surface area (Å²) in [7, 11) is 0. The van der Waals surface area contributed by atoms with Crippen molar-refractivity contribution in [1.82, 2.24) is 0 Å². The van der Waals surface area contributed by atoms with Crippen molar-refractivity contribution >= 4 is 0 Å². The summed E-state index contributed by atoms with van der Waals surface area (Å²) in [5, 5.41) is 9.84. The van der Waals surface area contributed by atoms with E-state index in [0.717, 1.165) is 0 Å². The minimum Gasteiger partial charge on any atom is -0.264 e. The van der Waals surface area contributed by atoms with E-state index in [1.54, 1.807) is 26.0 Å². The molecule has 0 aromatic rings. The van der Waals surface area contributed by atoms with E-state index < -0.39 is 6.04 Å². The summed E-state index contributed by atoms with van der Waals surface area (Å²) in [6.45, 7) is 3.31. The molecule has 1 unspecified atom stereocenters. The predicted octanol–water partition coefficient (Wildman–Crippen LogP) is 1.23. The number of hydrogen-bond donors (Lipinski definition) is 0. The topological polar surface area (TPSA) is 43.1 Å². The lowest BCUT2D eigenvalue weighted by Gasteiger charge is -1.92. The molecular weight excluding hydrogens is 106 g/mol. The fourth-order valence-corrected chi connectivity index (χ4v) is 0.349. The Morgan fingerprint density at radius 3 is 2.38 bits per heavy atom. The molecule has 0 fully saturated rings. The molecule has 0 radical (unpaired) electrons. The normalized spacial score (nSPS) is 14.2. The summed E-state index contributed by atoms with van der Waals surface area (Å²) in [5.41, 5.74) is 0. The zero-order valence-corrected chi connectivity index (χ0v) is 5.00. The molecule has 8 heavy (non-hydrogen) atoms. The van der Waals surface area contributed by atoms with Crippen LogP contribution in [0.4, 0.5) is 0 Å². The second-order valence-corrected chi connectivity index (χ2v) is 1.55. The van der Waals surface area contributed by atoms with E-state index in [1.165, 1.54) is 0 Å². The minimum atomic E-state index is -0.542. The molecule has 0 N–H and O–H groups in total. The van der Waals surface area contributed by atoms with Crippen molar-refractivity contribution in [2.75, 3.05) is 0 Å². The molecular formula is C5H9NO2. The van der Waals surface area contributed by atoms with Crippen LogP contribution in [0.5, 0.6) is 0 Å². The summed E-state index contributed by atoms with van der Waals surface area (Å²) in [5.74, 6) is 0. The molecule has 0 aliphatic rings. The van der Waals surface area contributed by atoms with Crippen molar-refractivity contribution in [2.24, 2.45) is 0 Å². The first-order chi connectivity index (χ1) is 3.68. The Labute approximate surface area is 48.2 Å². The second-order valence-electron chi connectivity index (χ2n) is 1.55. The summed E-state index contributed by atoms with van der Waals surface area (Å²) in [6, 6.07) is -0.542. The molecule has 0 aliphatic carbocycles. The highest BCUT2D eigenvalue weighted by molar-refractivity contribution is 4.82. The third-order valence-electron chi connectivity index (χ3n) is 0.804. The van der Waals surface area contributed by atoms with E-state index in [1.807, 2.05) is 0 Å². The van der Waals surface area contributed by atoms with Crippen molar-refractivity contribution in [2.45, 2.75) is 19.9 Å². The van der Waals surface area contributed by atoms with E-state index >= 15 is 0 Å². The fourth-order valence-electron chi connectivity index (χ4n) is 0.349. The van der Waals surface area contributed by atoms with Gasteiger partial charge < -0.3 is 0 Å². The van der Waals surface area contributed by atoms with Gasteiger partial charge in [-0.1, -0.05) is 6.08 Å². The van der Waals surface area contributed by atoms with E-state index in [0.29, 0.717) is 0 Å². The van der Waals surface area contributed by atoms with Gasteiger partial charge in [-0.2, -0.15) is 0 Å². The fraction of sp³-hybridized carbons (Fsp3) is 0.600. The predicted molar refractivity (Wildman–Crippen MR) is 31.3 cm³/mol. The van der Waals surface area contributed by atoms with Crippen molar-refractivity contribution in [3.63, 3.8) is 0 Å². The van der Waals surface area contributed by atoms with Crippen LogP contribution in [0.25, 0.3) is 0 Å². The van der Waals surface area contributed by atoms with E-state index in [2.05, 4.69) is 0 Å². The van der Waals surface area contributed by atoms with Crippen molar-refractivity contribution in [3.8, 4) is 0 Å². The van der Waals surface area contributed by atoms with Crippen LogP contribution < -0.4 is 0 Å². The summed E-state index contributed by atoms with van der Waals surface area (Å²) >= 11 is 0. The van der Waals surface area contributed by atoms with E-state index in [-0.39, 0.29) is 4.92 Å². The number of allylic oxidation sites excluding steroid dienone is 1. The maximum Gasteiger partial charge on any atom is 0.228 e. The van der Waals surface area contributed by atoms with Gasteiger partial charge in [0.05, 0.1) is 0 Å². The SMILES string of the molecule is C/C=C\C(C)[N+](=O)[O-]. The van der Waals surface area contributed by atoms with Crippen LogP contribution in [0.3, 0.4) is 0 Å². The quantitative estimate of drug-likeness (QED) is 0.308. The van der Waals surface area contributed by atoms with E-state index in [4.69, 9.17) is 0 Å². The Kier molecular flexibility index (Phi) is 2.84. The highest BCUT2D eigenvalue weighted by Gasteiger charge is 2.04.